The Labute approximate surface area is 101 Å². The van der Waals surface area contributed by atoms with E-state index in [1.807, 2.05) is 13.8 Å². The monoisotopic (exact) mass is 236 g/mol. The summed E-state index contributed by atoms with van der Waals surface area (Å²) in [6, 6.07) is 0. The first-order chi connectivity index (χ1) is 8.11. The highest BCUT2D eigenvalue weighted by molar-refractivity contribution is 5.58. The lowest BCUT2D eigenvalue weighted by Crippen LogP contribution is -2.26. The number of aliphatic imine (C=N–C) groups is 1. The summed E-state index contributed by atoms with van der Waals surface area (Å²) in [6.45, 7) is 6.68. The highest BCUT2D eigenvalue weighted by Gasteiger charge is 2.09. The van der Waals surface area contributed by atoms with Crippen molar-refractivity contribution in [1.29, 1.82) is 0 Å². The Kier molecular flexibility index (Phi) is 4.87. The van der Waals surface area contributed by atoms with Crippen molar-refractivity contribution in [3.05, 3.63) is 21.7 Å². The fourth-order valence-corrected chi connectivity index (χ4v) is 1.72. The Bertz CT molecular complexity index is 462. The van der Waals surface area contributed by atoms with Gasteiger partial charge in [0.25, 0.3) is 0 Å². The summed E-state index contributed by atoms with van der Waals surface area (Å²) in [4.78, 5) is 19.6. The van der Waals surface area contributed by atoms with Crippen molar-refractivity contribution in [2.75, 3.05) is 0 Å². The van der Waals surface area contributed by atoms with Crippen molar-refractivity contribution in [2.45, 2.75) is 46.6 Å². The van der Waals surface area contributed by atoms with Crippen LogP contribution in [0.4, 0.5) is 5.82 Å². The minimum atomic E-state index is -0.246. The second-order valence-electron chi connectivity index (χ2n) is 4.07. The summed E-state index contributed by atoms with van der Waals surface area (Å²) in [5.41, 5.74) is 6.80. The molecule has 94 valence electrons. The van der Waals surface area contributed by atoms with Crippen LogP contribution in [0.3, 0.4) is 0 Å². The van der Waals surface area contributed by atoms with E-state index in [9.17, 15) is 4.79 Å². The topological polar surface area (TPSA) is 73.3 Å². The molecule has 0 spiro atoms. The lowest BCUT2D eigenvalue weighted by Gasteiger charge is -2.12. The summed E-state index contributed by atoms with van der Waals surface area (Å²) >= 11 is 0. The average Bonchev–Trinajstić information content (AvgIpc) is 2.30. The van der Waals surface area contributed by atoms with Crippen molar-refractivity contribution in [1.82, 2.24) is 9.55 Å². The first-order valence-electron chi connectivity index (χ1n) is 5.94. The third kappa shape index (κ3) is 3.15. The normalized spacial score (nSPS) is 11.2. The van der Waals surface area contributed by atoms with Crippen molar-refractivity contribution < 1.29 is 0 Å². The summed E-state index contributed by atoms with van der Waals surface area (Å²) < 4.78 is 1.71. The van der Waals surface area contributed by atoms with Crippen molar-refractivity contribution in [3.63, 3.8) is 0 Å². The quantitative estimate of drug-likeness (QED) is 0.480. The number of rotatable bonds is 5. The molecule has 0 amide bonds. The third-order valence-corrected chi connectivity index (χ3v) is 2.90. The van der Waals surface area contributed by atoms with Gasteiger partial charge in [0, 0.05) is 17.8 Å². The first kappa shape index (κ1) is 13.4. The molecule has 2 N–H and O–H groups in total. The number of unbranched alkanes of at least 4 members (excludes halogenated alkanes) is 2. The molecule has 0 saturated heterocycles. The first-order valence-corrected chi connectivity index (χ1v) is 5.94. The molecule has 1 heterocycles. The van der Waals surface area contributed by atoms with Crippen LogP contribution in [0, 0.1) is 13.8 Å². The van der Waals surface area contributed by atoms with Gasteiger partial charge >= 0.3 is 5.69 Å². The molecule has 0 aliphatic carbocycles. The lowest BCUT2D eigenvalue weighted by atomic mass is 10.2. The molecule has 0 aliphatic heterocycles. The lowest BCUT2D eigenvalue weighted by molar-refractivity contribution is 0.563. The van der Waals surface area contributed by atoms with Gasteiger partial charge in [-0.1, -0.05) is 19.8 Å². The van der Waals surface area contributed by atoms with Crippen LogP contribution >= 0.6 is 0 Å². The molecule has 5 heteroatoms. The minimum Gasteiger partial charge on any atom is -0.390 e. The van der Waals surface area contributed by atoms with Gasteiger partial charge in [0.15, 0.2) is 5.82 Å². The van der Waals surface area contributed by atoms with Crippen LogP contribution in [0.1, 0.15) is 37.4 Å². The van der Waals surface area contributed by atoms with E-state index < -0.39 is 0 Å². The van der Waals surface area contributed by atoms with Gasteiger partial charge in [0.1, 0.15) is 0 Å². The zero-order chi connectivity index (χ0) is 12.8. The van der Waals surface area contributed by atoms with Gasteiger partial charge in [-0.25, -0.2) is 9.79 Å². The van der Waals surface area contributed by atoms with Crippen LogP contribution in [-0.4, -0.2) is 15.9 Å². The Morgan fingerprint density at radius 3 is 2.71 bits per heavy atom. The van der Waals surface area contributed by atoms with Crippen LogP contribution in [0.5, 0.6) is 0 Å². The summed E-state index contributed by atoms with van der Waals surface area (Å²) in [5, 5.41) is 0. The third-order valence-electron chi connectivity index (χ3n) is 2.90. The average molecular weight is 236 g/mol. The number of nitrogens with two attached hydrogens (primary N) is 1. The predicted molar refractivity (Wildman–Crippen MR) is 69.8 cm³/mol. The van der Waals surface area contributed by atoms with Gasteiger partial charge in [-0.15, -0.1) is 0 Å². The van der Waals surface area contributed by atoms with Crippen LogP contribution in [0.2, 0.25) is 0 Å². The second-order valence-corrected chi connectivity index (χ2v) is 4.07. The molecule has 0 bridgehead atoms. The molecular formula is C12H20N4O. The van der Waals surface area contributed by atoms with E-state index in [1.54, 1.807) is 4.57 Å². The van der Waals surface area contributed by atoms with E-state index in [0.29, 0.717) is 5.82 Å². The zero-order valence-electron chi connectivity index (χ0n) is 10.7. The molecule has 0 aromatic carbocycles. The Morgan fingerprint density at radius 2 is 2.12 bits per heavy atom. The standard InChI is InChI=1S/C12H20N4O/c1-4-5-6-7-16-10(3)9(2)11(14-8-13)15-12(16)17/h8H,4-7H2,1-3H3,(H2,13,14,15,17). The van der Waals surface area contributed by atoms with Crippen molar-refractivity contribution >= 4 is 12.2 Å². The van der Waals surface area contributed by atoms with Crippen LogP contribution < -0.4 is 11.4 Å². The van der Waals surface area contributed by atoms with E-state index in [2.05, 4.69) is 16.9 Å². The van der Waals surface area contributed by atoms with Gasteiger partial charge in [0.2, 0.25) is 0 Å². The Balaban J connectivity index is 3.08. The van der Waals surface area contributed by atoms with Crippen LogP contribution in [0.25, 0.3) is 0 Å². The van der Waals surface area contributed by atoms with E-state index >= 15 is 0 Å². The van der Waals surface area contributed by atoms with E-state index in [0.717, 1.165) is 43.4 Å². The molecular weight excluding hydrogens is 216 g/mol. The van der Waals surface area contributed by atoms with E-state index in [4.69, 9.17) is 5.73 Å². The van der Waals surface area contributed by atoms with Crippen LogP contribution in [-0.2, 0) is 6.54 Å². The number of hydrogen-bond donors (Lipinski definition) is 1. The van der Waals surface area contributed by atoms with Crippen molar-refractivity contribution in [3.8, 4) is 0 Å². The van der Waals surface area contributed by atoms with E-state index in [-0.39, 0.29) is 5.69 Å². The Hall–Kier alpha value is -1.65. The Morgan fingerprint density at radius 1 is 1.41 bits per heavy atom. The second kappa shape index (κ2) is 6.18. The van der Waals surface area contributed by atoms with Gasteiger partial charge in [-0.05, 0) is 20.3 Å². The van der Waals surface area contributed by atoms with Gasteiger partial charge < -0.3 is 5.73 Å². The molecule has 0 unspecified atom stereocenters. The molecule has 0 atom stereocenters. The zero-order valence-corrected chi connectivity index (χ0v) is 10.7. The summed E-state index contributed by atoms with van der Waals surface area (Å²) in [5.74, 6) is 0.418. The van der Waals surface area contributed by atoms with E-state index in [1.165, 1.54) is 0 Å². The predicted octanol–water partition coefficient (Wildman–Crippen LogP) is 1.67. The maximum Gasteiger partial charge on any atom is 0.349 e. The maximum absolute atomic E-state index is 11.8. The van der Waals surface area contributed by atoms with Gasteiger partial charge in [0.05, 0.1) is 6.34 Å². The molecule has 0 saturated carbocycles. The fourth-order valence-electron chi connectivity index (χ4n) is 1.72. The maximum atomic E-state index is 11.8. The molecule has 1 aromatic heterocycles. The molecule has 17 heavy (non-hydrogen) atoms. The van der Waals surface area contributed by atoms with Gasteiger partial charge in [-0.2, -0.15) is 4.98 Å². The molecule has 5 nitrogen and oxygen atoms in total. The molecule has 1 aromatic rings. The molecule has 1 rings (SSSR count). The fraction of sp³-hybridized carbons (Fsp3) is 0.583. The smallest absolute Gasteiger partial charge is 0.349 e. The number of nitrogens with zero attached hydrogens (tertiary/aromatic N) is 3. The number of aromatic nitrogens is 2. The van der Waals surface area contributed by atoms with Gasteiger partial charge in [-0.3, -0.25) is 4.57 Å². The largest absolute Gasteiger partial charge is 0.390 e. The summed E-state index contributed by atoms with van der Waals surface area (Å²) in [7, 11) is 0. The SMILES string of the molecule is CCCCCn1c(C)c(C)c(N=CN)nc1=O. The minimum absolute atomic E-state index is 0.246. The molecule has 0 fully saturated rings. The molecule has 0 aliphatic rings. The highest BCUT2D eigenvalue weighted by atomic mass is 16.1. The molecule has 0 radical (unpaired) electrons. The summed E-state index contributed by atoms with van der Waals surface area (Å²) in [6.07, 6.45) is 4.41. The number of hydrogen-bond acceptors (Lipinski definition) is 3. The highest BCUT2D eigenvalue weighted by Crippen LogP contribution is 2.16. The van der Waals surface area contributed by atoms with Crippen LogP contribution in [0.15, 0.2) is 9.79 Å². The van der Waals surface area contributed by atoms with Crippen molar-refractivity contribution in [2.24, 2.45) is 10.7 Å².